The maximum Gasteiger partial charge on any atom is 0.407 e. The molecule has 204 valence electrons. The third-order valence-corrected chi connectivity index (χ3v) is 6.51. The fraction of sp³-hybridized carbons (Fsp3) is 0.357. The van der Waals surface area contributed by atoms with Crippen LogP contribution < -0.4 is 15.8 Å². The summed E-state index contributed by atoms with van der Waals surface area (Å²) >= 11 is 0. The van der Waals surface area contributed by atoms with E-state index in [0.29, 0.717) is 16.7 Å². The standard InChI is InChI=1S/C28H30F2N6O3/c1-28(2,3)39-27(37)34-17-7-9-18(10-8-17)36-26-23(25(31)32-15-33-26)24(35-36)21-12-11-20(14-22(21)30)38-19-6-4-5-16(29)13-19/h4-6,11-15,17-18H,7-10H2,1-3H3,(H,34,37)(H2,31,32,33)/t17-,18-. The fourth-order valence-electron chi connectivity index (χ4n) is 4.80. The second-order valence-corrected chi connectivity index (χ2v) is 10.6. The number of ether oxygens (including phenoxy) is 2. The van der Waals surface area contributed by atoms with Crippen LogP contribution >= 0.6 is 0 Å². The van der Waals surface area contributed by atoms with Gasteiger partial charge in [0.15, 0.2) is 5.65 Å². The summed E-state index contributed by atoms with van der Waals surface area (Å²) in [4.78, 5) is 20.7. The van der Waals surface area contributed by atoms with Crippen molar-refractivity contribution in [1.82, 2.24) is 25.1 Å². The summed E-state index contributed by atoms with van der Waals surface area (Å²) in [6.45, 7) is 5.47. The number of carbonyl (C=O) groups excluding carboxylic acids is 1. The highest BCUT2D eigenvalue weighted by molar-refractivity contribution is 5.98. The van der Waals surface area contributed by atoms with Crippen LogP contribution in [0, 0.1) is 11.6 Å². The largest absolute Gasteiger partial charge is 0.457 e. The van der Waals surface area contributed by atoms with Crippen LogP contribution in [0.3, 0.4) is 0 Å². The summed E-state index contributed by atoms with van der Waals surface area (Å²) in [5, 5.41) is 8.16. The van der Waals surface area contributed by atoms with Crippen molar-refractivity contribution in [3.8, 4) is 22.8 Å². The fourth-order valence-corrected chi connectivity index (χ4v) is 4.80. The Kier molecular flexibility index (Phi) is 7.07. The number of aromatic nitrogens is 4. The van der Waals surface area contributed by atoms with Crippen LogP contribution in [0.2, 0.25) is 0 Å². The number of halogens is 2. The normalized spacial score (nSPS) is 17.7. The molecule has 39 heavy (non-hydrogen) atoms. The first-order chi connectivity index (χ1) is 18.6. The van der Waals surface area contributed by atoms with Gasteiger partial charge < -0.3 is 20.5 Å². The number of nitrogens with one attached hydrogen (secondary N) is 1. The van der Waals surface area contributed by atoms with Crippen LogP contribution in [0.4, 0.5) is 19.4 Å². The van der Waals surface area contributed by atoms with Gasteiger partial charge in [-0.3, -0.25) is 0 Å². The minimum Gasteiger partial charge on any atom is -0.457 e. The topological polar surface area (TPSA) is 117 Å². The van der Waals surface area contributed by atoms with Crippen molar-refractivity contribution >= 4 is 22.9 Å². The highest BCUT2D eigenvalue weighted by Gasteiger charge is 2.29. The van der Waals surface area contributed by atoms with Gasteiger partial charge >= 0.3 is 6.09 Å². The van der Waals surface area contributed by atoms with Crippen LogP contribution in [0.25, 0.3) is 22.3 Å². The number of rotatable bonds is 5. The van der Waals surface area contributed by atoms with Gasteiger partial charge in [-0.05, 0) is 70.7 Å². The van der Waals surface area contributed by atoms with Crippen molar-refractivity contribution < 1.29 is 23.0 Å². The first kappa shape index (κ1) is 26.3. The molecule has 0 saturated heterocycles. The van der Waals surface area contributed by atoms with Crippen LogP contribution in [0.5, 0.6) is 11.5 Å². The third-order valence-electron chi connectivity index (χ3n) is 6.51. The minimum absolute atomic E-state index is 0.0137. The molecule has 1 fully saturated rings. The maximum atomic E-state index is 15.4. The van der Waals surface area contributed by atoms with Crippen molar-refractivity contribution in [1.29, 1.82) is 0 Å². The number of alkyl carbamates (subject to hydrolysis) is 1. The Morgan fingerprint density at radius 2 is 1.79 bits per heavy atom. The number of carbonyl (C=O) groups is 1. The van der Waals surface area contributed by atoms with Gasteiger partial charge in [0.05, 0.1) is 11.4 Å². The summed E-state index contributed by atoms with van der Waals surface area (Å²) in [5.74, 6) is -0.367. The summed E-state index contributed by atoms with van der Waals surface area (Å²) in [5.41, 5.74) is 6.70. The number of nitrogens with two attached hydrogens (primary N) is 1. The Bertz CT molecular complexity index is 1510. The Balaban J connectivity index is 1.38. The van der Waals surface area contributed by atoms with Crippen LogP contribution in [0.15, 0.2) is 48.8 Å². The number of benzene rings is 2. The number of nitrogen functional groups attached to an aromatic ring is 1. The molecule has 2 aromatic heterocycles. The number of hydrogen-bond acceptors (Lipinski definition) is 7. The molecule has 0 spiro atoms. The SMILES string of the molecule is CC(C)(C)OC(=O)N[C@H]1CC[C@H](n2nc(-c3ccc(Oc4cccc(F)c4)cc3F)c3c(N)ncnc32)CC1. The van der Waals surface area contributed by atoms with Gasteiger partial charge in [-0.2, -0.15) is 5.10 Å². The molecular weight excluding hydrogens is 506 g/mol. The van der Waals surface area contributed by atoms with Gasteiger partial charge in [0, 0.05) is 23.7 Å². The van der Waals surface area contributed by atoms with E-state index in [0.717, 1.165) is 25.7 Å². The second kappa shape index (κ2) is 10.5. The summed E-state index contributed by atoms with van der Waals surface area (Å²) < 4.78 is 41.6. The number of anilines is 1. The molecule has 5 rings (SSSR count). The molecule has 0 unspecified atom stereocenters. The van der Waals surface area contributed by atoms with Crippen LogP contribution in [0.1, 0.15) is 52.5 Å². The zero-order valence-electron chi connectivity index (χ0n) is 21.9. The van der Waals surface area contributed by atoms with E-state index in [1.54, 1.807) is 22.9 Å². The average Bonchev–Trinajstić information content (AvgIpc) is 3.24. The van der Waals surface area contributed by atoms with E-state index >= 15 is 4.39 Å². The van der Waals surface area contributed by atoms with E-state index in [-0.39, 0.29) is 35.0 Å². The van der Waals surface area contributed by atoms with E-state index in [4.69, 9.17) is 20.3 Å². The van der Waals surface area contributed by atoms with Gasteiger partial charge in [0.25, 0.3) is 0 Å². The van der Waals surface area contributed by atoms with Gasteiger partial charge in [-0.15, -0.1) is 0 Å². The molecular formula is C28H30F2N6O3. The lowest BCUT2D eigenvalue weighted by Gasteiger charge is -2.30. The van der Waals surface area contributed by atoms with Gasteiger partial charge in [-0.1, -0.05) is 6.07 Å². The van der Waals surface area contributed by atoms with Crippen molar-refractivity contribution in [3.63, 3.8) is 0 Å². The molecule has 4 aromatic rings. The summed E-state index contributed by atoms with van der Waals surface area (Å²) in [7, 11) is 0. The Morgan fingerprint density at radius 3 is 2.49 bits per heavy atom. The summed E-state index contributed by atoms with van der Waals surface area (Å²) in [6.07, 6.45) is 3.83. The Hall–Kier alpha value is -4.28. The number of amides is 1. The molecule has 1 aliphatic carbocycles. The lowest BCUT2D eigenvalue weighted by Crippen LogP contribution is -2.41. The van der Waals surface area contributed by atoms with E-state index < -0.39 is 23.3 Å². The predicted molar refractivity (Wildman–Crippen MR) is 142 cm³/mol. The van der Waals surface area contributed by atoms with E-state index in [1.807, 2.05) is 20.8 Å². The van der Waals surface area contributed by atoms with Crippen molar-refractivity contribution in [3.05, 3.63) is 60.4 Å². The van der Waals surface area contributed by atoms with E-state index in [9.17, 15) is 9.18 Å². The van der Waals surface area contributed by atoms with Gasteiger partial charge in [0.1, 0.15) is 46.6 Å². The van der Waals surface area contributed by atoms with E-state index in [2.05, 4.69) is 15.3 Å². The molecule has 1 saturated carbocycles. The number of hydrogen-bond donors (Lipinski definition) is 2. The van der Waals surface area contributed by atoms with Crippen molar-refractivity contribution in [2.75, 3.05) is 5.73 Å². The van der Waals surface area contributed by atoms with Crippen LogP contribution in [-0.4, -0.2) is 37.5 Å². The number of nitrogens with zero attached hydrogens (tertiary/aromatic N) is 4. The first-order valence-electron chi connectivity index (χ1n) is 12.8. The molecule has 9 nitrogen and oxygen atoms in total. The molecule has 1 aliphatic rings. The lowest BCUT2D eigenvalue weighted by molar-refractivity contribution is 0.0487. The first-order valence-corrected chi connectivity index (χ1v) is 12.8. The predicted octanol–water partition coefficient (Wildman–Crippen LogP) is 6.15. The zero-order chi connectivity index (χ0) is 27.7. The number of fused-ring (bicyclic) bond motifs is 1. The molecule has 11 heteroatoms. The van der Waals surface area contributed by atoms with Crippen molar-refractivity contribution in [2.24, 2.45) is 0 Å². The Labute approximate surface area is 224 Å². The quantitative estimate of drug-likeness (QED) is 0.314. The Morgan fingerprint density at radius 1 is 1.05 bits per heavy atom. The molecule has 1 amide bonds. The van der Waals surface area contributed by atoms with Crippen molar-refractivity contribution in [2.45, 2.75) is 64.1 Å². The molecule has 0 aliphatic heterocycles. The molecule has 2 aromatic carbocycles. The lowest BCUT2D eigenvalue weighted by atomic mass is 9.91. The minimum atomic E-state index is -0.580. The average molecular weight is 537 g/mol. The maximum absolute atomic E-state index is 15.4. The van der Waals surface area contributed by atoms with E-state index in [1.165, 1.54) is 30.6 Å². The van der Waals surface area contributed by atoms with Gasteiger partial charge in [0.2, 0.25) is 0 Å². The highest BCUT2D eigenvalue weighted by atomic mass is 19.1. The van der Waals surface area contributed by atoms with Gasteiger partial charge in [-0.25, -0.2) is 28.2 Å². The summed E-state index contributed by atoms with van der Waals surface area (Å²) in [6, 6.07) is 9.93. The second-order valence-electron chi connectivity index (χ2n) is 10.6. The zero-order valence-corrected chi connectivity index (χ0v) is 21.9. The molecule has 0 bridgehead atoms. The molecule has 3 N–H and O–H groups in total. The molecule has 0 atom stereocenters. The smallest absolute Gasteiger partial charge is 0.407 e. The highest BCUT2D eigenvalue weighted by Crippen LogP contribution is 2.38. The van der Waals surface area contributed by atoms with Crippen LogP contribution in [-0.2, 0) is 4.74 Å². The monoisotopic (exact) mass is 536 g/mol. The third kappa shape index (κ3) is 5.92. The molecule has 2 heterocycles. The molecule has 0 radical (unpaired) electrons.